The van der Waals surface area contributed by atoms with Crippen molar-refractivity contribution in [2.75, 3.05) is 6.61 Å². The van der Waals surface area contributed by atoms with Crippen molar-refractivity contribution in [3.63, 3.8) is 0 Å². The van der Waals surface area contributed by atoms with Crippen LogP contribution in [0.1, 0.15) is 20.3 Å². The Morgan fingerprint density at radius 3 is 2.74 bits per heavy atom. The number of hydrogen-bond acceptors (Lipinski definition) is 4. The number of ketones is 1. The summed E-state index contributed by atoms with van der Waals surface area (Å²) in [5, 5.41) is 10.8. The largest absolute Gasteiger partial charge is 0.478 e. The molecule has 0 saturated carbocycles. The van der Waals surface area contributed by atoms with Gasteiger partial charge in [0, 0.05) is 5.92 Å². The van der Waals surface area contributed by atoms with E-state index in [2.05, 4.69) is 15.9 Å². The van der Waals surface area contributed by atoms with E-state index in [4.69, 9.17) is 4.74 Å². The van der Waals surface area contributed by atoms with Gasteiger partial charge < -0.3 is 4.74 Å². The Labute approximate surface area is 118 Å². The van der Waals surface area contributed by atoms with Gasteiger partial charge in [-0.2, -0.15) is 0 Å². The second-order valence-corrected chi connectivity index (χ2v) is 4.91. The zero-order valence-corrected chi connectivity index (χ0v) is 12.1. The summed E-state index contributed by atoms with van der Waals surface area (Å²) in [6.45, 7) is 3.33. The Hall–Kier alpha value is -1.50. The van der Waals surface area contributed by atoms with Crippen molar-refractivity contribution in [3.8, 4) is 5.75 Å². The zero-order chi connectivity index (χ0) is 14.6. The van der Waals surface area contributed by atoms with Crippen LogP contribution < -0.4 is 4.74 Å². The molecule has 0 heterocycles. The summed E-state index contributed by atoms with van der Waals surface area (Å²) in [6, 6.07) is 1.81. The van der Waals surface area contributed by atoms with Gasteiger partial charge in [-0.05, 0) is 28.4 Å². The summed E-state index contributed by atoms with van der Waals surface area (Å²) in [7, 11) is 0. The van der Waals surface area contributed by atoms with Crippen molar-refractivity contribution >= 4 is 27.4 Å². The van der Waals surface area contributed by atoms with Gasteiger partial charge in [-0.3, -0.25) is 14.9 Å². The van der Waals surface area contributed by atoms with E-state index in [1.54, 1.807) is 6.92 Å². The summed E-state index contributed by atoms with van der Waals surface area (Å²) in [5.74, 6) is -1.23. The maximum absolute atomic E-state index is 13.1. The van der Waals surface area contributed by atoms with Gasteiger partial charge >= 0.3 is 5.69 Å². The molecule has 0 saturated heterocycles. The van der Waals surface area contributed by atoms with Crippen molar-refractivity contribution in [2.45, 2.75) is 20.3 Å². The first kappa shape index (κ1) is 15.6. The molecule has 1 unspecified atom stereocenters. The number of nitrogens with zero attached hydrogens (tertiary/aromatic N) is 1. The third-order valence-electron chi connectivity index (χ3n) is 2.71. The van der Waals surface area contributed by atoms with Crippen LogP contribution in [-0.4, -0.2) is 17.3 Å². The number of rotatable bonds is 6. The third kappa shape index (κ3) is 3.99. The van der Waals surface area contributed by atoms with Crippen LogP contribution in [-0.2, 0) is 4.79 Å². The van der Waals surface area contributed by atoms with Crippen LogP contribution in [0.25, 0.3) is 0 Å². The van der Waals surface area contributed by atoms with Crippen molar-refractivity contribution in [1.82, 2.24) is 0 Å². The van der Waals surface area contributed by atoms with Crippen LogP contribution in [0.15, 0.2) is 16.6 Å². The molecule has 0 fully saturated rings. The quantitative estimate of drug-likeness (QED) is 0.590. The van der Waals surface area contributed by atoms with E-state index in [1.165, 1.54) is 0 Å². The normalized spacial score (nSPS) is 12.0. The molecule has 1 aromatic carbocycles. The highest BCUT2D eigenvalue weighted by molar-refractivity contribution is 9.10. The van der Waals surface area contributed by atoms with Gasteiger partial charge in [-0.25, -0.2) is 4.39 Å². The van der Waals surface area contributed by atoms with E-state index in [9.17, 15) is 19.3 Å². The van der Waals surface area contributed by atoms with Crippen LogP contribution in [0.3, 0.4) is 0 Å². The van der Waals surface area contributed by atoms with Gasteiger partial charge in [0.2, 0.25) is 5.75 Å². The molecule has 1 aromatic rings. The number of nitro groups is 1. The molecule has 7 heteroatoms. The Kier molecular flexibility index (Phi) is 5.41. The lowest BCUT2D eigenvalue weighted by Gasteiger charge is -2.11. The SMILES string of the molecule is CCC(C)C(=O)COc1c(Br)cc(F)cc1[N+](=O)[O-]. The summed E-state index contributed by atoms with van der Waals surface area (Å²) < 4.78 is 18.4. The zero-order valence-electron chi connectivity index (χ0n) is 10.5. The van der Waals surface area contributed by atoms with E-state index in [1.807, 2.05) is 6.92 Å². The van der Waals surface area contributed by atoms with Crippen molar-refractivity contribution < 1.29 is 18.8 Å². The number of hydrogen-bond donors (Lipinski definition) is 0. The maximum atomic E-state index is 13.1. The topological polar surface area (TPSA) is 69.4 Å². The molecular weight excluding hydrogens is 321 g/mol. The Balaban J connectivity index is 2.95. The number of halogens is 2. The van der Waals surface area contributed by atoms with Crippen LogP contribution in [0.4, 0.5) is 10.1 Å². The van der Waals surface area contributed by atoms with E-state index >= 15 is 0 Å². The molecule has 0 aliphatic carbocycles. The summed E-state index contributed by atoms with van der Waals surface area (Å²) >= 11 is 2.99. The smallest absolute Gasteiger partial charge is 0.315 e. The van der Waals surface area contributed by atoms with Crippen LogP contribution in [0.2, 0.25) is 0 Å². The van der Waals surface area contributed by atoms with Gasteiger partial charge in [0.1, 0.15) is 12.4 Å². The van der Waals surface area contributed by atoms with Crippen LogP contribution >= 0.6 is 15.9 Å². The lowest BCUT2D eigenvalue weighted by atomic mass is 10.0. The average molecular weight is 334 g/mol. The van der Waals surface area contributed by atoms with Gasteiger partial charge in [0.25, 0.3) is 0 Å². The number of carbonyl (C=O) groups is 1. The summed E-state index contributed by atoms with van der Waals surface area (Å²) in [4.78, 5) is 21.7. The lowest BCUT2D eigenvalue weighted by Crippen LogP contribution is -2.19. The standard InChI is InChI=1S/C12H13BrFNO4/c1-3-7(2)11(16)6-19-12-9(13)4-8(14)5-10(12)15(17)18/h4-5,7H,3,6H2,1-2H3. The predicted molar refractivity (Wildman–Crippen MR) is 70.7 cm³/mol. The Morgan fingerprint density at radius 2 is 2.21 bits per heavy atom. The highest BCUT2D eigenvalue weighted by atomic mass is 79.9. The van der Waals surface area contributed by atoms with E-state index in [0.29, 0.717) is 6.42 Å². The maximum Gasteiger partial charge on any atom is 0.315 e. The predicted octanol–water partition coefficient (Wildman–Crippen LogP) is 3.49. The van der Waals surface area contributed by atoms with Crippen molar-refractivity contribution in [1.29, 1.82) is 0 Å². The second kappa shape index (κ2) is 6.60. The lowest BCUT2D eigenvalue weighted by molar-refractivity contribution is -0.386. The molecule has 1 rings (SSSR count). The van der Waals surface area contributed by atoms with E-state index in [0.717, 1.165) is 12.1 Å². The minimum atomic E-state index is -0.753. The Morgan fingerprint density at radius 1 is 1.58 bits per heavy atom. The summed E-state index contributed by atoms with van der Waals surface area (Å²) in [6.07, 6.45) is 0.662. The molecule has 0 N–H and O–H groups in total. The molecule has 104 valence electrons. The number of ether oxygens (including phenoxy) is 1. The minimum Gasteiger partial charge on any atom is -0.478 e. The van der Waals surface area contributed by atoms with Gasteiger partial charge in [0.05, 0.1) is 15.5 Å². The fourth-order valence-corrected chi connectivity index (χ4v) is 1.87. The number of carbonyl (C=O) groups excluding carboxylic acids is 1. The van der Waals surface area contributed by atoms with E-state index < -0.39 is 16.4 Å². The first-order valence-corrected chi connectivity index (χ1v) is 6.45. The molecule has 0 spiro atoms. The molecular formula is C12H13BrFNO4. The highest BCUT2D eigenvalue weighted by Gasteiger charge is 2.22. The first-order valence-electron chi connectivity index (χ1n) is 5.65. The first-order chi connectivity index (χ1) is 8.86. The molecule has 1 atom stereocenters. The monoisotopic (exact) mass is 333 g/mol. The molecule has 0 bridgehead atoms. The molecule has 19 heavy (non-hydrogen) atoms. The molecule has 0 amide bonds. The fourth-order valence-electron chi connectivity index (χ4n) is 1.34. The Bertz CT molecular complexity index is 507. The van der Waals surface area contributed by atoms with Crippen molar-refractivity contribution in [3.05, 3.63) is 32.5 Å². The molecule has 0 aliphatic rings. The molecule has 0 aliphatic heterocycles. The van der Waals surface area contributed by atoms with Gasteiger partial charge in [-0.1, -0.05) is 13.8 Å². The van der Waals surface area contributed by atoms with Gasteiger partial charge in [-0.15, -0.1) is 0 Å². The van der Waals surface area contributed by atoms with E-state index in [-0.39, 0.29) is 28.5 Å². The number of nitro benzene ring substituents is 1. The van der Waals surface area contributed by atoms with Crippen molar-refractivity contribution in [2.24, 2.45) is 5.92 Å². The van der Waals surface area contributed by atoms with Gasteiger partial charge in [0.15, 0.2) is 5.78 Å². The van der Waals surface area contributed by atoms with Crippen LogP contribution in [0.5, 0.6) is 5.75 Å². The fraction of sp³-hybridized carbons (Fsp3) is 0.417. The molecule has 0 aromatic heterocycles. The minimum absolute atomic E-state index is 0.108. The van der Waals surface area contributed by atoms with Crippen LogP contribution in [0, 0.1) is 21.8 Å². The number of Topliss-reactive ketones (excluding diaryl/α,β-unsaturated/α-hetero) is 1. The highest BCUT2D eigenvalue weighted by Crippen LogP contribution is 2.36. The molecule has 0 radical (unpaired) electrons. The second-order valence-electron chi connectivity index (χ2n) is 4.06. The third-order valence-corrected chi connectivity index (χ3v) is 3.30. The molecule has 5 nitrogen and oxygen atoms in total. The average Bonchev–Trinajstić information content (AvgIpc) is 2.35. The number of benzene rings is 1. The summed E-state index contributed by atoms with van der Waals surface area (Å²) in [5.41, 5.74) is -0.510.